The fourth-order valence-corrected chi connectivity index (χ4v) is 3.54. The minimum absolute atomic E-state index is 0.0164. The number of rotatable bonds is 5. The van der Waals surface area contributed by atoms with Gasteiger partial charge in [0.05, 0.1) is 6.04 Å². The molecule has 0 aromatic carbocycles. The Kier molecular flexibility index (Phi) is 5.79. The van der Waals surface area contributed by atoms with Gasteiger partial charge >= 0.3 is 0 Å². The number of likely N-dealkylation sites (tertiary alicyclic amines) is 1. The molecule has 2 fully saturated rings. The smallest absolute Gasteiger partial charge is 0.238 e. The van der Waals surface area contributed by atoms with Crippen molar-refractivity contribution in [3.8, 4) is 0 Å². The van der Waals surface area contributed by atoms with Crippen LogP contribution in [0.25, 0.3) is 0 Å². The summed E-state index contributed by atoms with van der Waals surface area (Å²) >= 11 is 1.86. The molecule has 0 spiro atoms. The predicted molar refractivity (Wildman–Crippen MR) is 77.0 cm³/mol. The molecule has 18 heavy (non-hydrogen) atoms. The van der Waals surface area contributed by atoms with Crippen LogP contribution in [0.4, 0.5) is 0 Å². The van der Waals surface area contributed by atoms with E-state index in [0.29, 0.717) is 5.92 Å². The number of carbonyl (C=O) groups is 1. The lowest BCUT2D eigenvalue weighted by molar-refractivity contribution is -0.122. The van der Waals surface area contributed by atoms with Gasteiger partial charge in [0.25, 0.3) is 0 Å². The van der Waals surface area contributed by atoms with E-state index in [4.69, 9.17) is 0 Å². The van der Waals surface area contributed by atoms with Gasteiger partial charge in [-0.15, -0.1) is 0 Å². The molecular weight excluding hydrogens is 246 g/mol. The van der Waals surface area contributed by atoms with E-state index in [1.54, 1.807) is 0 Å². The van der Waals surface area contributed by atoms with Crippen LogP contribution in [0.2, 0.25) is 0 Å². The Morgan fingerprint density at radius 2 is 2.28 bits per heavy atom. The second-order valence-corrected chi connectivity index (χ2v) is 6.59. The van der Waals surface area contributed by atoms with Gasteiger partial charge in [-0.1, -0.05) is 6.92 Å². The van der Waals surface area contributed by atoms with Crippen molar-refractivity contribution in [3.63, 3.8) is 0 Å². The SMILES string of the molecule is CC(CNC(=O)C1CSCCN1)CN1CCCC1. The van der Waals surface area contributed by atoms with Crippen LogP contribution < -0.4 is 10.6 Å². The van der Waals surface area contributed by atoms with Crippen LogP contribution in [-0.2, 0) is 4.79 Å². The van der Waals surface area contributed by atoms with E-state index in [1.165, 1.54) is 25.9 Å². The van der Waals surface area contributed by atoms with Gasteiger partial charge in [0.2, 0.25) is 5.91 Å². The zero-order chi connectivity index (χ0) is 12.8. The summed E-state index contributed by atoms with van der Waals surface area (Å²) in [5.74, 6) is 2.75. The first kappa shape index (κ1) is 14.2. The average molecular weight is 271 g/mol. The van der Waals surface area contributed by atoms with Gasteiger partial charge < -0.3 is 15.5 Å². The first-order chi connectivity index (χ1) is 8.75. The lowest BCUT2D eigenvalue weighted by Crippen LogP contribution is -2.50. The van der Waals surface area contributed by atoms with Gasteiger partial charge in [-0.25, -0.2) is 0 Å². The molecule has 4 nitrogen and oxygen atoms in total. The zero-order valence-electron chi connectivity index (χ0n) is 11.3. The molecule has 0 aliphatic carbocycles. The Hall–Kier alpha value is -0.260. The largest absolute Gasteiger partial charge is 0.354 e. The van der Waals surface area contributed by atoms with Crippen molar-refractivity contribution in [1.29, 1.82) is 0 Å². The molecule has 0 radical (unpaired) electrons. The van der Waals surface area contributed by atoms with Gasteiger partial charge in [0, 0.05) is 31.1 Å². The third-order valence-electron chi connectivity index (χ3n) is 3.63. The molecule has 104 valence electrons. The Balaban J connectivity index is 1.61. The summed E-state index contributed by atoms with van der Waals surface area (Å²) < 4.78 is 0. The molecule has 2 saturated heterocycles. The van der Waals surface area contributed by atoms with Crippen LogP contribution in [0.3, 0.4) is 0 Å². The number of nitrogens with zero attached hydrogens (tertiary/aromatic N) is 1. The van der Waals surface area contributed by atoms with E-state index < -0.39 is 0 Å². The van der Waals surface area contributed by atoms with Crippen LogP contribution in [0.15, 0.2) is 0 Å². The number of thioether (sulfide) groups is 1. The lowest BCUT2D eigenvalue weighted by Gasteiger charge is -2.24. The molecule has 0 aromatic heterocycles. The van der Waals surface area contributed by atoms with Crippen LogP contribution >= 0.6 is 11.8 Å². The third-order valence-corrected chi connectivity index (χ3v) is 4.69. The number of hydrogen-bond acceptors (Lipinski definition) is 4. The van der Waals surface area contributed by atoms with E-state index in [1.807, 2.05) is 11.8 Å². The van der Waals surface area contributed by atoms with Gasteiger partial charge in [0.15, 0.2) is 0 Å². The number of hydrogen-bond donors (Lipinski definition) is 2. The molecule has 1 amide bonds. The molecule has 2 N–H and O–H groups in total. The minimum Gasteiger partial charge on any atom is -0.354 e. The fraction of sp³-hybridized carbons (Fsp3) is 0.923. The molecule has 2 heterocycles. The Bertz CT molecular complexity index is 263. The molecule has 0 saturated carbocycles. The predicted octanol–water partition coefficient (Wildman–Crippen LogP) is 0.540. The Morgan fingerprint density at radius 1 is 1.50 bits per heavy atom. The van der Waals surface area contributed by atoms with Gasteiger partial charge in [-0.05, 0) is 31.8 Å². The Labute approximate surface area is 114 Å². The number of amides is 1. The highest BCUT2D eigenvalue weighted by Gasteiger charge is 2.21. The van der Waals surface area contributed by atoms with Crippen LogP contribution in [-0.4, -0.2) is 61.1 Å². The summed E-state index contributed by atoms with van der Waals surface area (Å²) in [4.78, 5) is 14.4. The first-order valence-corrected chi connectivity index (χ1v) is 8.22. The molecule has 2 atom stereocenters. The second kappa shape index (κ2) is 7.36. The quantitative estimate of drug-likeness (QED) is 0.766. The van der Waals surface area contributed by atoms with Crippen molar-refractivity contribution in [1.82, 2.24) is 15.5 Å². The summed E-state index contributed by atoms with van der Waals surface area (Å²) in [6.45, 7) is 7.57. The van der Waals surface area contributed by atoms with Crippen LogP contribution in [0.1, 0.15) is 19.8 Å². The molecule has 0 bridgehead atoms. The molecule has 5 heteroatoms. The maximum absolute atomic E-state index is 11.9. The van der Waals surface area contributed by atoms with Crippen molar-refractivity contribution >= 4 is 17.7 Å². The molecule has 2 aliphatic rings. The number of carbonyl (C=O) groups excluding carboxylic acids is 1. The summed E-state index contributed by atoms with van der Waals surface area (Å²) in [7, 11) is 0. The minimum atomic E-state index is 0.0164. The molecule has 2 aliphatic heterocycles. The number of nitrogens with one attached hydrogen (secondary N) is 2. The maximum atomic E-state index is 11.9. The molecule has 2 rings (SSSR count). The average Bonchev–Trinajstić information content (AvgIpc) is 2.90. The van der Waals surface area contributed by atoms with E-state index >= 15 is 0 Å². The van der Waals surface area contributed by atoms with E-state index in [9.17, 15) is 4.79 Å². The first-order valence-electron chi connectivity index (χ1n) is 7.07. The monoisotopic (exact) mass is 271 g/mol. The zero-order valence-corrected chi connectivity index (χ0v) is 12.1. The fourth-order valence-electron chi connectivity index (χ4n) is 2.60. The van der Waals surface area contributed by atoms with Crippen LogP contribution in [0, 0.1) is 5.92 Å². The third kappa shape index (κ3) is 4.44. The Morgan fingerprint density at radius 3 is 2.94 bits per heavy atom. The van der Waals surface area contributed by atoms with Gasteiger partial charge in [-0.2, -0.15) is 11.8 Å². The van der Waals surface area contributed by atoms with Gasteiger partial charge in [0.1, 0.15) is 0 Å². The van der Waals surface area contributed by atoms with E-state index in [0.717, 1.165) is 31.1 Å². The van der Waals surface area contributed by atoms with Crippen molar-refractivity contribution in [2.45, 2.75) is 25.8 Å². The van der Waals surface area contributed by atoms with Gasteiger partial charge in [-0.3, -0.25) is 4.79 Å². The lowest BCUT2D eigenvalue weighted by atomic mass is 10.1. The summed E-state index contributed by atoms with van der Waals surface area (Å²) in [6, 6.07) is 0.0164. The van der Waals surface area contributed by atoms with Crippen molar-refractivity contribution in [2.75, 3.05) is 44.2 Å². The van der Waals surface area contributed by atoms with Crippen LogP contribution in [0.5, 0.6) is 0 Å². The standard InChI is InChI=1S/C13H25N3OS/c1-11(9-16-5-2-3-6-16)8-15-13(17)12-10-18-7-4-14-12/h11-12,14H,2-10H2,1H3,(H,15,17). The highest BCUT2D eigenvalue weighted by atomic mass is 32.2. The summed E-state index contributed by atoms with van der Waals surface area (Å²) in [5.41, 5.74) is 0. The van der Waals surface area contributed by atoms with E-state index in [2.05, 4.69) is 22.5 Å². The highest BCUT2D eigenvalue weighted by Crippen LogP contribution is 2.10. The van der Waals surface area contributed by atoms with E-state index in [-0.39, 0.29) is 11.9 Å². The van der Waals surface area contributed by atoms with Crippen molar-refractivity contribution in [3.05, 3.63) is 0 Å². The highest BCUT2D eigenvalue weighted by molar-refractivity contribution is 7.99. The summed E-state index contributed by atoms with van der Waals surface area (Å²) in [5, 5.41) is 6.36. The van der Waals surface area contributed by atoms with Crippen molar-refractivity contribution in [2.24, 2.45) is 5.92 Å². The topological polar surface area (TPSA) is 44.4 Å². The normalized spacial score (nSPS) is 27.1. The maximum Gasteiger partial charge on any atom is 0.238 e. The molecular formula is C13H25N3OS. The summed E-state index contributed by atoms with van der Waals surface area (Å²) in [6.07, 6.45) is 2.67. The van der Waals surface area contributed by atoms with Crippen molar-refractivity contribution < 1.29 is 4.79 Å². The molecule has 2 unspecified atom stereocenters. The molecule has 0 aromatic rings. The second-order valence-electron chi connectivity index (χ2n) is 5.44.